The molecule has 0 aromatic heterocycles. The molecule has 1 aromatic carbocycles. The molecule has 1 unspecified atom stereocenters. The van der Waals surface area contributed by atoms with Crippen LogP contribution in [-0.4, -0.2) is 18.0 Å². The minimum atomic E-state index is -0.338. The van der Waals surface area contributed by atoms with Gasteiger partial charge in [-0.3, -0.25) is 4.90 Å². The minimum absolute atomic E-state index is 0.0919. The number of halogens is 2. The number of benzene rings is 1. The van der Waals surface area contributed by atoms with Gasteiger partial charge < -0.3 is 0 Å². The summed E-state index contributed by atoms with van der Waals surface area (Å²) in [5.74, 6) is -0.659. The van der Waals surface area contributed by atoms with Crippen molar-refractivity contribution in [1.29, 1.82) is 0 Å². The number of hydrogen-bond donors (Lipinski definition) is 0. The molecule has 0 spiro atoms. The summed E-state index contributed by atoms with van der Waals surface area (Å²) >= 11 is 0. The largest absolute Gasteiger partial charge is 0.297 e. The fourth-order valence-corrected chi connectivity index (χ4v) is 2.14. The van der Waals surface area contributed by atoms with Crippen LogP contribution in [0.1, 0.15) is 37.9 Å². The molecule has 90 valence electrons. The molecule has 0 fully saturated rings. The van der Waals surface area contributed by atoms with Gasteiger partial charge in [0.05, 0.1) is 0 Å². The summed E-state index contributed by atoms with van der Waals surface area (Å²) in [6.45, 7) is 9.24. The number of hydrogen-bond acceptors (Lipinski definition) is 1. The Kier molecular flexibility index (Phi) is 4.42. The van der Waals surface area contributed by atoms with E-state index in [1.165, 1.54) is 12.1 Å². The van der Waals surface area contributed by atoms with Gasteiger partial charge in [-0.05, 0) is 44.6 Å². The van der Waals surface area contributed by atoms with Crippen molar-refractivity contribution in [1.82, 2.24) is 4.90 Å². The third-order valence-electron chi connectivity index (χ3n) is 3.17. The highest BCUT2D eigenvalue weighted by Gasteiger charge is 2.20. The molecule has 0 radical (unpaired) electrons. The summed E-state index contributed by atoms with van der Waals surface area (Å²) in [4.78, 5) is 2.10. The average Bonchev–Trinajstić information content (AvgIpc) is 2.26. The van der Waals surface area contributed by atoms with Crippen molar-refractivity contribution in [3.05, 3.63) is 34.9 Å². The Balaban J connectivity index is 3.16. The average molecular weight is 227 g/mol. The van der Waals surface area contributed by atoms with E-state index in [9.17, 15) is 8.78 Å². The molecule has 0 bridgehead atoms. The zero-order valence-corrected chi connectivity index (χ0v) is 10.3. The van der Waals surface area contributed by atoms with Crippen molar-refractivity contribution in [3.8, 4) is 0 Å². The molecule has 1 nitrogen and oxygen atoms in total. The van der Waals surface area contributed by atoms with Gasteiger partial charge >= 0.3 is 0 Å². The van der Waals surface area contributed by atoms with Crippen molar-refractivity contribution in [2.75, 3.05) is 13.1 Å². The van der Waals surface area contributed by atoms with E-state index in [0.717, 1.165) is 13.1 Å². The molecular formula is C13H19F2N. The van der Waals surface area contributed by atoms with Crippen LogP contribution in [0.5, 0.6) is 0 Å². The Bertz CT molecular complexity index is 359. The Morgan fingerprint density at radius 1 is 1.12 bits per heavy atom. The van der Waals surface area contributed by atoms with Crippen LogP contribution in [0.3, 0.4) is 0 Å². The standard InChI is InChI=1S/C13H19F2N/c1-5-16(6-2)10(4)13-9(3)11(14)7-8-12(13)15/h7-8,10H,5-6H2,1-4H3. The first kappa shape index (κ1) is 13.1. The minimum Gasteiger partial charge on any atom is -0.297 e. The lowest BCUT2D eigenvalue weighted by molar-refractivity contribution is 0.228. The SMILES string of the molecule is CCN(CC)C(C)c1c(F)ccc(F)c1C. The van der Waals surface area contributed by atoms with Crippen LogP contribution >= 0.6 is 0 Å². The van der Waals surface area contributed by atoms with Gasteiger partial charge in [-0.1, -0.05) is 13.8 Å². The van der Waals surface area contributed by atoms with Gasteiger partial charge in [0.2, 0.25) is 0 Å². The predicted octanol–water partition coefficient (Wildman–Crippen LogP) is 3.68. The molecular weight excluding hydrogens is 208 g/mol. The van der Waals surface area contributed by atoms with Crippen LogP contribution in [0.25, 0.3) is 0 Å². The Hall–Kier alpha value is -0.960. The smallest absolute Gasteiger partial charge is 0.128 e. The van der Waals surface area contributed by atoms with Crippen LogP contribution in [0.4, 0.5) is 8.78 Å². The maximum atomic E-state index is 13.7. The fraction of sp³-hybridized carbons (Fsp3) is 0.538. The van der Waals surface area contributed by atoms with E-state index in [0.29, 0.717) is 11.1 Å². The number of rotatable bonds is 4. The highest BCUT2D eigenvalue weighted by atomic mass is 19.1. The maximum absolute atomic E-state index is 13.7. The molecule has 0 N–H and O–H groups in total. The van der Waals surface area contributed by atoms with E-state index in [1.807, 2.05) is 20.8 Å². The second-order valence-corrected chi connectivity index (χ2v) is 3.97. The van der Waals surface area contributed by atoms with Crippen LogP contribution in [0.2, 0.25) is 0 Å². The van der Waals surface area contributed by atoms with Crippen LogP contribution < -0.4 is 0 Å². The summed E-state index contributed by atoms with van der Waals surface area (Å²) in [5, 5.41) is 0. The van der Waals surface area contributed by atoms with E-state index in [1.54, 1.807) is 6.92 Å². The lowest BCUT2D eigenvalue weighted by Gasteiger charge is -2.28. The van der Waals surface area contributed by atoms with Crippen LogP contribution in [0.15, 0.2) is 12.1 Å². The topological polar surface area (TPSA) is 3.24 Å². The van der Waals surface area contributed by atoms with E-state index >= 15 is 0 Å². The van der Waals surface area contributed by atoms with Gasteiger partial charge in [0.1, 0.15) is 11.6 Å². The van der Waals surface area contributed by atoms with Gasteiger partial charge in [0.25, 0.3) is 0 Å². The quantitative estimate of drug-likeness (QED) is 0.758. The van der Waals surface area contributed by atoms with Gasteiger partial charge in [0.15, 0.2) is 0 Å². The summed E-state index contributed by atoms with van der Waals surface area (Å²) in [6.07, 6.45) is 0. The molecule has 0 saturated heterocycles. The van der Waals surface area contributed by atoms with Crippen molar-refractivity contribution < 1.29 is 8.78 Å². The first-order valence-electron chi connectivity index (χ1n) is 5.71. The van der Waals surface area contributed by atoms with Gasteiger partial charge in [-0.2, -0.15) is 0 Å². The molecule has 0 aliphatic rings. The third-order valence-corrected chi connectivity index (χ3v) is 3.17. The summed E-state index contributed by atoms with van der Waals surface area (Å²) in [5.41, 5.74) is 0.892. The van der Waals surface area contributed by atoms with Gasteiger partial charge in [-0.25, -0.2) is 8.78 Å². The molecule has 16 heavy (non-hydrogen) atoms. The highest BCUT2D eigenvalue weighted by Crippen LogP contribution is 2.27. The second-order valence-electron chi connectivity index (χ2n) is 3.97. The van der Waals surface area contributed by atoms with E-state index in [-0.39, 0.29) is 17.7 Å². The molecule has 1 aromatic rings. The normalized spacial score (nSPS) is 13.2. The molecule has 0 aliphatic heterocycles. The van der Waals surface area contributed by atoms with Crippen molar-refractivity contribution in [3.63, 3.8) is 0 Å². The van der Waals surface area contributed by atoms with Crippen LogP contribution in [-0.2, 0) is 0 Å². The maximum Gasteiger partial charge on any atom is 0.128 e. The number of nitrogens with zero attached hydrogens (tertiary/aromatic N) is 1. The Labute approximate surface area is 96.1 Å². The van der Waals surface area contributed by atoms with E-state index in [4.69, 9.17) is 0 Å². The molecule has 0 saturated carbocycles. The predicted molar refractivity (Wildman–Crippen MR) is 62.4 cm³/mol. The first-order valence-corrected chi connectivity index (χ1v) is 5.71. The molecule has 1 atom stereocenters. The molecule has 1 rings (SSSR count). The first-order chi connectivity index (χ1) is 7.52. The van der Waals surface area contributed by atoms with Crippen molar-refractivity contribution >= 4 is 0 Å². The van der Waals surface area contributed by atoms with Gasteiger partial charge in [0, 0.05) is 11.6 Å². The van der Waals surface area contributed by atoms with E-state index < -0.39 is 0 Å². The third kappa shape index (κ3) is 2.40. The van der Waals surface area contributed by atoms with Crippen LogP contribution in [0, 0.1) is 18.6 Å². The lowest BCUT2D eigenvalue weighted by Crippen LogP contribution is -2.27. The van der Waals surface area contributed by atoms with Gasteiger partial charge in [-0.15, -0.1) is 0 Å². The monoisotopic (exact) mass is 227 g/mol. The Morgan fingerprint density at radius 2 is 1.62 bits per heavy atom. The Morgan fingerprint density at radius 3 is 2.12 bits per heavy atom. The summed E-state index contributed by atoms with van der Waals surface area (Å²) < 4.78 is 27.1. The van der Waals surface area contributed by atoms with Crippen molar-refractivity contribution in [2.24, 2.45) is 0 Å². The lowest BCUT2D eigenvalue weighted by atomic mass is 10.00. The highest BCUT2D eigenvalue weighted by molar-refractivity contribution is 5.31. The molecule has 0 aliphatic carbocycles. The zero-order chi connectivity index (χ0) is 12.3. The van der Waals surface area contributed by atoms with E-state index in [2.05, 4.69) is 4.90 Å². The van der Waals surface area contributed by atoms with Crippen molar-refractivity contribution in [2.45, 2.75) is 33.7 Å². The molecule has 0 heterocycles. The fourth-order valence-electron chi connectivity index (χ4n) is 2.14. The summed E-state index contributed by atoms with van der Waals surface area (Å²) in [6, 6.07) is 2.30. The molecule has 3 heteroatoms. The summed E-state index contributed by atoms with van der Waals surface area (Å²) in [7, 11) is 0. The zero-order valence-electron chi connectivity index (χ0n) is 10.3. The molecule has 0 amide bonds. The second kappa shape index (κ2) is 5.39.